The Balaban J connectivity index is 2.54. The zero-order valence-electron chi connectivity index (χ0n) is 11.9. The van der Waals surface area contributed by atoms with Crippen molar-refractivity contribution in [3.05, 3.63) is 35.4 Å². The Morgan fingerprint density at radius 2 is 1.70 bits per heavy atom. The zero-order valence-corrected chi connectivity index (χ0v) is 11.9. The molecule has 1 unspecified atom stereocenters. The van der Waals surface area contributed by atoms with E-state index in [0.717, 1.165) is 25.1 Å². The van der Waals surface area contributed by atoms with Crippen molar-refractivity contribution in [1.82, 2.24) is 5.32 Å². The number of nitrogens with one attached hydrogen (secondary N) is 1. The summed E-state index contributed by atoms with van der Waals surface area (Å²) < 4.78 is 37.3. The molecule has 5 heteroatoms. The van der Waals surface area contributed by atoms with E-state index >= 15 is 0 Å². The highest BCUT2D eigenvalue weighted by molar-refractivity contribution is 5.25. The lowest BCUT2D eigenvalue weighted by Crippen LogP contribution is -2.32. The quantitative estimate of drug-likeness (QED) is 0.754. The van der Waals surface area contributed by atoms with Crippen molar-refractivity contribution in [2.75, 3.05) is 13.1 Å². The van der Waals surface area contributed by atoms with Crippen LogP contribution in [0.2, 0.25) is 0 Å². The molecule has 1 aromatic carbocycles. The average Bonchev–Trinajstić information content (AvgIpc) is 2.34. The van der Waals surface area contributed by atoms with E-state index in [1.807, 2.05) is 0 Å². The fourth-order valence-corrected chi connectivity index (χ4v) is 2.00. The molecule has 1 rings (SSSR count). The number of hydrogen-bond donors (Lipinski definition) is 2. The van der Waals surface area contributed by atoms with Crippen LogP contribution in [-0.2, 0) is 12.6 Å². The molecule has 114 valence electrons. The maximum atomic E-state index is 12.4. The maximum Gasteiger partial charge on any atom is 0.416 e. The average molecular weight is 289 g/mol. The topological polar surface area (TPSA) is 32.3 Å². The highest BCUT2D eigenvalue weighted by atomic mass is 19.4. The minimum absolute atomic E-state index is 0.346. The maximum absolute atomic E-state index is 12.4. The number of rotatable bonds is 7. The number of hydrogen-bond acceptors (Lipinski definition) is 2. The number of aliphatic hydroxyl groups is 1. The summed E-state index contributed by atoms with van der Waals surface area (Å²) in [6.07, 6.45) is -2.38. The molecule has 2 nitrogen and oxygen atoms in total. The minimum atomic E-state index is -4.31. The first-order valence-corrected chi connectivity index (χ1v) is 6.84. The Morgan fingerprint density at radius 3 is 2.20 bits per heavy atom. The van der Waals surface area contributed by atoms with Crippen molar-refractivity contribution in [3.63, 3.8) is 0 Å². The van der Waals surface area contributed by atoms with E-state index in [9.17, 15) is 18.3 Å². The van der Waals surface area contributed by atoms with Gasteiger partial charge in [-0.15, -0.1) is 0 Å². The molecule has 0 fully saturated rings. The summed E-state index contributed by atoms with van der Waals surface area (Å²) in [4.78, 5) is 0. The zero-order chi connectivity index (χ0) is 15.2. The van der Waals surface area contributed by atoms with Crippen LogP contribution >= 0.6 is 0 Å². The highest BCUT2D eigenvalue weighted by Gasteiger charge is 2.30. The summed E-state index contributed by atoms with van der Waals surface area (Å²) in [5.41, 5.74) is -0.871. The molecule has 20 heavy (non-hydrogen) atoms. The van der Waals surface area contributed by atoms with Crippen LogP contribution in [0.5, 0.6) is 0 Å². The molecule has 0 saturated carbocycles. The predicted molar refractivity (Wildman–Crippen MR) is 73.5 cm³/mol. The molecular formula is C15H22F3NO. The Bertz CT molecular complexity index is 399. The monoisotopic (exact) mass is 289 g/mol. The molecule has 1 aromatic rings. The number of benzene rings is 1. The highest BCUT2D eigenvalue weighted by Crippen LogP contribution is 2.29. The van der Waals surface area contributed by atoms with Gasteiger partial charge in [0, 0.05) is 6.42 Å². The first-order valence-electron chi connectivity index (χ1n) is 6.84. The van der Waals surface area contributed by atoms with Gasteiger partial charge >= 0.3 is 6.18 Å². The second-order valence-corrected chi connectivity index (χ2v) is 5.37. The molecule has 0 aliphatic heterocycles. The second-order valence-electron chi connectivity index (χ2n) is 5.37. The summed E-state index contributed by atoms with van der Waals surface area (Å²) >= 11 is 0. The van der Waals surface area contributed by atoms with E-state index in [4.69, 9.17) is 0 Å². The summed E-state index contributed by atoms with van der Waals surface area (Å²) in [5.74, 6) is 0. The van der Waals surface area contributed by atoms with Crippen LogP contribution in [0.4, 0.5) is 13.2 Å². The smallest absolute Gasteiger partial charge is 0.390 e. The van der Waals surface area contributed by atoms with Gasteiger partial charge in [0.2, 0.25) is 0 Å². The lowest BCUT2D eigenvalue weighted by molar-refractivity contribution is -0.137. The van der Waals surface area contributed by atoms with Crippen molar-refractivity contribution in [2.24, 2.45) is 0 Å². The van der Waals surface area contributed by atoms with Crippen molar-refractivity contribution in [3.8, 4) is 0 Å². The van der Waals surface area contributed by atoms with Crippen LogP contribution in [-0.4, -0.2) is 23.8 Å². The largest absolute Gasteiger partial charge is 0.416 e. The van der Waals surface area contributed by atoms with Gasteiger partial charge in [0.15, 0.2) is 0 Å². The summed E-state index contributed by atoms with van der Waals surface area (Å²) in [6.45, 7) is 5.36. The molecule has 0 amide bonds. The molecule has 0 aromatic heterocycles. The van der Waals surface area contributed by atoms with Crippen LogP contribution in [0.25, 0.3) is 0 Å². The van der Waals surface area contributed by atoms with Crippen molar-refractivity contribution < 1.29 is 18.3 Å². The van der Waals surface area contributed by atoms with Crippen molar-refractivity contribution in [2.45, 2.75) is 44.9 Å². The summed E-state index contributed by atoms with van der Waals surface area (Å²) in [6, 6.07) is 4.97. The van der Waals surface area contributed by atoms with Crippen LogP contribution < -0.4 is 5.32 Å². The predicted octanol–water partition coefficient (Wildman–Crippen LogP) is 3.39. The van der Waals surface area contributed by atoms with Gasteiger partial charge in [0.05, 0.1) is 11.2 Å². The van der Waals surface area contributed by atoms with Gasteiger partial charge in [0.25, 0.3) is 0 Å². The van der Waals surface area contributed by atoms with Crippen LogP contribution in [0, 0.1) is 0 Å². The molecule has 1 atom stereocenters. The van der Waals surface area contributed by atoms with Gasteiger partial charge in [0.1, 0.15) is 0 Å². The standard InChI is InChI=1S/C15H22F3NO/c1-3-9-19-10-8-14(2,20)11-12-4-6-13(7-5-12)15(16,17)18/h4-7,19-20H,3,8-11H2,1-2H3. The third kappa shape index (κ3) is 5.92. The molecular weight excluding hydrogens is 267 g/mol. The Hall–Kier alpha value is -1.07. The van der Waals surface area contributed by atoms with E-state index in [1.54, 1.807) is 6.92 Å². The van der Waals surface area contributed by atoms with E-state index in [2.05, 4.69) is 12.2 Å². The molecule has 2 N–H and O–H groups in total. The van der Waals surface area contributed by atoms with Crippen molar-refractivity contribution in [1.29, 1.82) is 0 Å². The van der Waals surface area contributed by atoms with Crippen LogP contribution in [0.3, 0.4) is 0 Å². The Labute approximate surface area is 118 Å². The molecule has 0 saturated heterocycles. The second kappa shape index (κ2) is 7.09. The molecule has 0 aliphatic rings. The molecule has 0 spiro atoms. The van der Waals surface area contributed by atoms with Crippen molar-refractivity contribution >= 4 is 0 Å². The van der Waals surface area contributed by atoms with E-state index in [-0.39, 0.29) is 0 Å². The summed E-state index contributed by atoms with van der Waals surface area (Å²) in [7, 11) is 0. The summed E-state index contributed by atoms with van der Waals surface area (Å²) in [5, 5.41) is 13.4. The molecule has 0 bridgehead atoms. The van der Waals surface area contributed by atoms with E-state index in [1.165, 1.54) is 12.1 Å². The lowest BCUT2D eigenvalue weighted by atomic mass is 9.93. The fraction of sp³-hybridized carbons (Fsp3) is 0.600. The third-order valence-electron chi connectivity index (χ3n) is 3.13. The van der Waals surface area contributed by atoms with E-state index < -0.39 is 17.3 Å². The number of halogens is 3. The molecule has 0 radical (unpaired) electrons. The molecule has 0 heterocycles. The first kappa shape index (κ1) is 17.0. The number of alkyl halides is 3. The SMILES string of the molecule is CCCNCCC(C)(O)Cc1ccc(C(F)(F)F)cc1. The normalized spacial score (nSPS) is 15.1. The van der Waals surface area contributed by atoms with Crippen LogP contribution in [0.15, 0.2) is 24.3 Å². The Morgan fingerprint density at radius 1 is 1.10 bits per heavy atom. The Kier molecular flexibility index (Phi) is 6.02. The van der Waals surface area contributed by atoms with Gasteiger partial charge < -0.3 is 10.4 Å². The van der Waals surface area contributed by atoms with Crippen LogP contribution in [0.1, 0.15) is 37.8 Å². The minimum Gasteiger partial charge on any atom is -0.390 e. The fourth-order valence-electron chi connectivity index (χ4n) is 2.00. The first-order chi connectivity index (χ1) is 9.24. The van der Waals surface area contributed by atoms with Gasteiger partial charge in [-0.2, -0.15) is 13.2 Å². The van der Waals surface area contributed by atoms with Gasteiger partial charge in [-0.3, -0.25) is 0 Å². The molecule has 0 aliphatic carbocycles. The van der Waals surface area contributed by atoms with Gasteiger partial charge in [-0.1, -0.05) is 19.1 Å². The third-order valence-corrected chi connectivity index (χ3v) is 3.13. The van der Waals surface area contributed by atoms with Gasteiger partial charge in [-0.25, -0.2) is 0 Å². The van der Waals surface area contributed by atoms with E-state index in [0.29, 0.717) is 24.9 Å². The lowest BCUT2D eigenvalue weighted by Gasteiger charge is -2.23. The van der Waals surface area contributed by atoms with Gasteiger partial charge in [-0.05, 0) is 50.6 Å².